The van der Waals surface area contributed by atoms with Crippen molar-refractivity contribution in [2.24, 2.45) is 11.8 Å². The van der Waals surface area contributed by atoms with Crippen molar-refractivity contribution in [3.8, 4) is 11.1 Å². The zero-order valence-corrected chi connectivity index (χ0v) is 20.7. The number of alkyl carbamates (subject to hydrolysis) is 1. The lowest BCUT2D eigenvalue weighted by Gasteiger charge is -2.33. The minimum absolute atomic E-state index is 0.0355. The molecule has 2 atom stereocenters. The second-order valence-electron chi connectivity index (χ2n) is 9.18. The Balaban J connectivity index is 1.34. The van der Waals surface area contributed by atoms with E-state index in [9.17, 15) is 19.5 Å². The molecule has 2 aromatic carbocycles. The van der Waals surface area contributed by atoms with Gasteiger partial charge in [0.05, 0.1) is 5.92 Å². The third-order valence-electron chi connectivity index (χ3n) is 7.09. The zero-order chi connectivity index (χ0) is 24.8. The number of rotatable bonds is 11. The van der Waals surface area contributed by atoms with E-state index in [1.165, 1.54) is 11.8 Å². The Bertz CT molecular complexity index is 1030. The van der Waals surface area contributed by atoms with Crippen LogP contribution in [-0.2, 0) is 14.3 Å². The number of amides is 2. The highest BCUT2D eigenvalue weighted by molar-refractivity contribution is 7.98. The summed E-state index contributed by atoms with van der Waals surface area (Å²) in [5.41, 5.74) is 4.60. The molecule has 3 N–H and O–H groups in total. The van der Waals surface area contributed by atoms with E-state index < -0.39 is 24.0 Å². The van der Waals surface area contributed by atoms with Crippen molar-refractivity contribution in [2.75, 3.05) is 25.2 Å². The van der Waals surface area contributed by atoms with Crippen LogP contribution in [0.2, 0.25) is 0 Å². The standard InChI is InChI=1S/C27H32N2O5S/c1-35-14-13-24(26(31)32)29-25(30)22(17-7-6-8-17)15-28-27(33)34-16-23-20-11-4-2-9-18(20)19-10-3-5-12-21(19)23/h2-5,9-12,17,22-24H,6-8,13-16H2,1H3,(H,28,33)(H,29,30)(H,31,32)/t22?,24-/m1/s1. The van der Waals surface area contributed by atoms with Crippen LogP contribution in [0.3, 0.4) is 0 Å². The molecule has 1 unspecified atom stereocenters. The number of carboxylic acid groups (broad SMARTS) is 1. The summed E-state index contributed by atoms with van der Waals surface area (Å²) in [4.78, 5) is 37.1. The summed E-state index contributed by atoms with van der Waals surface area (Å²) in [7, 11) is 0. The third-order valence-corrected chi connectivity index (χ3v) is 7.73. The molecular formula is C27H32N2O5S. The van der Waals surface area contributed by atoms with Gasteiger partial charge in [0.1, 0.15) is 12.6 Å². The van der Waals surface area contributed by atoms with Gasteiger partial charge in [0.2, 0.25) is 5.91 Å². The fourth-order valence-corrected chi connectivity index (χ4v) is 5.40. The SMILES string of the molecule is CSCC[C@@H](NC(=O)C(CNC(=O)OCC1c2ccccc2-c2ccccc21)C1CCC1)C(=O)O. The van der Waals surface area contributed by atoms with Crippen LogP contribution in [0.25, 0.3) is 11.1 Å². The van der Waals surface area contributed by atoms with Gasteiger partial charge in [-0.3, -0.25) is 4.79 Å². The van der Waals surface area contributed by atoms with Crippen molar-refractivity contribution >= 4 is 29.7 Å². The van der Waals surface area contributed by atoms with E-state index in [-0.39, 0.29) is 30.9 Å². The van der Waals surface area contributed by atoms with Crippen LogP contribution in [0, 0.1) is 11.8 Å². The Labute approximate surface area is 210 Å². The summed E-state index contributed by atoms with van der Waals surface area (Å²) in [5, 5.41) is 14.9. The van der Waals surface area contributed by atoms with Crippen LogP contribution in [0.1, 0.15) is 42.7 Å². The molecule has 0 aliphatic heterocycles. The minimum atomic E-state index is -1.04. The molecule has 2 amide bonds. The fraction of sp³-hybridized carbons (Fsp3) is 0.444. The number of hydrogen-bond acceptors (Lipinski definition) is 5. The van der Waals surface area contributed by atoms with Crippen LogP contribution in [0.4, 0.5) is 4.79 Å². The number of fused-ring (bicyclic) bond motifs is 3. The summed E-state index contributed by atoms with van der Waals surface area (Å²) in [6.45, 7) is 0.331. The van der Waals surface area contributed by atoms with Gasteiger partial charge in [0, 0.05) is 12.5 Å². The van der Waals surface area contributed by atoms with Crippen molar-refractivity contribution in [3.63, 3.8) is 0 Å². The summed E-state index contributed by atoms with van der Waals surface area (Å²) >= 11 is 1.54. The van der Waals surface area contributed by atoms with Gasteiger partial charge >= 0.3 is 12.1 Å². The van der Waals surface area contributed by atoms with Gasteiger partial charge < -0.3 is 20.5 Å². The molecule has 2 aliphatic rings. The molecule has 0 aromatic heterocycles. The molecule has 35 heavy (non-hydrogen) atoms. The highest BCUT2D eigenvalue weighted by atomic mass is 32.2. The van der Waals surface area contributed by atoms with Crippen molar-refractivity contribution < 1.29 is 24.2 Å². The van der Waals surface area contributed by atoms with E-state index in [1.807, 2.05) is 30.5 Å². The second-order valence-corrected chi connectivity index (χ2v) is 10.2. The lowest BCUT2D eigenvalue weighted by molar-refractivity contribution is -0.143. The van der Waals surface area contributed by atoms with Crippen molar-refractivity contribution in [1.82, 2.24) is 10.6 Å². The summed E-state index contributed by atoms with van der Waals surface area (Å²) in [6.07, 6.45) is 4.52. The fourth-order valence-electron chi connectivity index (χ4n) is 4.93. The van der Waals surface area contributed by atoms with Gasteiger partial charge in [0.25, 0.3) is 0 Å². The maximum absolute atomic E-state index is 12.9. The normalized spacial score (nSPS) is 16.4. The average Bonchev–Trinajstić information content (AvgIpc) is 3.15. The lowest BCUT2D eigenvalue weighted by Crippen LogP contribution is -2.49. The molecule has 0 spiro atoms. The zero-order valence-electron chi connectivity index (χ0n) is 19.9. The number of aliphatic carboxylic acids is 1. The molecule has 0 bridgehead atoms. The summed E-state index contributed by atoms with van der Waals surface area (Å²) in [5.74, 6) is -1.08. The minimum Gasteiger partial charge on any atom is -0.480 e. The van der Waals surface area contributed by atoms with Crippen molar-refractivity contribution in [2.45, 2.75) is 37.6 Å². The number of carboxylic acids is 1. The molecule has 1 fully saturated rings. The Morgan fingerprint density at radius 1 is 1.06 bits per heavy atom. The lowest BCUT2D eigenvalue weighted by atomic mass is 9.75. The van der Waals surface area contributed by atoms with Gasteiger partial charge in [-0.2, -0.15) is 11.8 Å². The molecule has 0 radical (unpaired) electrons. The topological polar surface area (TPSA) is 105 Å². The monoisotopic (exact) mass is 496 g/mol. The molecule has 0 heterocycles. The van der Waals surface area contributed by atoms with E-state index in [1.54, 1.807) is 0 Å². The van der Waals surface area contributed by atoms with Crippen molar-refractivity contribution in [1.29, 1.82) is 0 Å². The molecule has 2 aliphatic carbocycles. The first kappa shape index (κ1) is 25.1. The molecule has 1 saturated carbocycles. The molecular weight excluding hydrogens is 464 g/mol. The summed E-state index contributed by atoms with van der Waals surface area (Å²) in [6, 6.07) is 15.4. The number of thioether (sulfide) groups is 1. The number of hydrogen-bond donors (Lipinski definition) is 3. The molecule has 186 valence electrons. The van der Waals surface area contributed by atoms with E-state index in [2.05, 4.69) is 34.9 Å². The van der Waals surface area contributed by atoms with Gasteiger partial charge in [-0.15, -0.1) is 0 Å². The van der Waals surface area contributed by atoms with E-state index >= 15 is 0 Å². The Morgan fingerprint density at radius 2 is 1.69 bits per heavy atom. The Kier molecular flexibility index (Phi) is 8.33. The van der Waals surface area contributed by atoms with Crippen molar-refractivity contribution in [3.05, 3.63) is 59.7 Å². The van der Waals surface area contributed by atoms with Crippen LogP contribution >= 0.6 is 11.8 Å². The maximum atomic E-state index is 12.9. The van der Waals surface area contributed by atoms with E-state index in [4.69, 9.17) is 4.74 Å². The highest BCUT2D eigenvalue weighted by Gasteiger charge is 2.35. The highest BCUT2D eigenvalue weighted by Crippen LogP contribution is 2.44. The largest absolute Gasteiger partial charge is 0.480 e. The Morgan fingerprint density at radius 3 is 2.23 bits per heavy atom. The first-order valence-electron chi connectivity index (χ1n) is 12.1. The number of carbonyl (C=O) groups is 3. The van der Waals surface area contributed by atoms with Crippen LogP contribution < -0.4 is 10.6 Å². The third kappa shape index (κ3) is 5.81. The predicted octanol–water partition coefficient (Wildman–Crippen LogP) is 4.26. The first-order valence-corrected chi connectivity index (χ1v) is 13.5. The Hall–Kier alpha value is -3.00. The van der Waals surface area contributed by atoms with Crippen LogP contribution in [0.15, 0.2) is 48.5 Å². The first-order chi connectivity index (χ1) is 17.0. The molecule has 2 aromatic rings. The number of benzene rings is 2. The van der Waals surface area contributed by atoms with Crippen LogP contribution in [0.5, 0.6) is 0 Å². The molecule has 4 rings (SSSR count). The van der Waals surface area contributed by atoms with Gasteiger partial charge in [-0.05, 0) is 59.4 Å². The predicted molar refractivity (Wildman–Crippen MR) is 136 cm³/mol. The number of nitrogens with one attached hydrogen (secondary N) is 2. The molecule has 7 nitrogen and oxygen atoms in total. The van der Waals surface area contributed by atoms with E-state index in [0.29, 0.717) is 12.2 Å². The molecule has 8 heteroatoms. The summed E-state index contributed by atoms with van der Waals surface area (Å²) < 4.78 is 5.60. The van der Waals surface area contributed by atoms with E-state index in [0.717, 1.165) is 41.5 Å². The molecule has 0 saturated heterocycles. The second kappa shape index (κ2) is 11.6. The van der Waals surface area contributed by atoms with Gasteiger partial charge in [-0.25, -0.2) is 9.59 Å². The average molecular weight is 497 g/mol. The van der Waals surface area contributed by atoms with Crippen LogP contribution in [-0.4, -0.2) is 54.3 Å². The number of carbonyl (C=O) groups excluding carboxylic acids is 2. The quantitative estimate of drug-likeness (QED) is 0.429. The number of ether oxygens (including phenoxy) is 1. The van der Waals surface area contributed by atoms with Gasteiger partial charge in [0.15, 0.2) is 0 Å². The smallest absolute Gasteiger partial charge is 0.407 e. The van der Waals surface area contributed by atoms with Gasteiger partial charge in [-0.1, -0.05) is 55.0 Å². The maximum Gasteiger partial charge on any atom is 0.407 e.